The van der Waals surface area contributed by atoms with E-state index in [1.807, 2.05) is 0 Å². The molecule has 2 amide bonds. The van der Waals surface area contributed by atoms with E-state index in [2.05, 4.69) is 5.32 Å². The van der Waals surface area contributed by atoms with Crippen LogP contribution in [0.5, 0.6) is 0 Å². The fourth-order valence-electron chi connectivity index (χ4n) is 3.13. The van der Waals surface area contributed by atoms with Crippen molar-refractivity contribution in [1.29, 1.82) is 0 Å². The van der Waals surface area contributed by atoms with Crippen LogP contribution in [0, 0.1) is 27.2 Å². The highest BCUT2D eigenvalue weighted by Gasteiger charge is 2.31. The van der Waals surface area contributed by atoms with E-state index in [1.165, 1.54) is 0 Å². The SMILES string of the molecule is CCN(CC)C(=O)c1sc(NC(=O)c2ccc([N+](=O)[O-])cc2[N+](=O)[O-])c(C(=O)OC(C)C)c1C. The number of thiophene rings is 1. The zero-order valence-electron chi connectivity index (χ0n) is 19.2. The quantitative estimate of drug-likeness (QED) is 0.310. The summed E-state index contributed by atoms with van der Waals surface area (Å²) in [5.74, 6) is -2.08. The van der Waals surface area contributed by atoms with Gasteiger partial charge < -0.3 is 15.0 Å². The molecule has 1 heterocycles. The standard InChI is InChI=1S/C21H24N4O8S/c1-6-23(7-2)20(27)17-12(5)16(21(28)33-11(3)4)19(34-17)22-18(26)14-9-8-13(24(29)30)10-15(14)25(31)32/h8-11H,6-7H2,1-5H3,(H,22,26). The number of nitro benzene ring substituents is 2. The van der Waals surface area contributed by atoms with Gasteiger partial charge in [0.15, 0.2) is 0 Å². The first kappa shape index (κ1) is 26.4. The largest absolute Gasteiger partial charge is 0.459 e. The van der Waals surface area contributed by atoms with Crippen molar-refractivity contribution in [3.05, 3.63) is 60.0 Å². The number of hydrogen-bond donors (Lipinski definition) is 1. The van der Waals surface area contributed by atoms with E-state index in [1.54, 1.807) is 39.5 Å². The van der Waals surface area contributed by atoms with Crippen molar-refractivity contribution in [2.24, 2.45) is 0 Å². The minimum absolute atomic E-state index is 0.0173. The number of nitrogens with zero attached hydrogens (tertiary/aromatic N) is 3. The van der Waals surface area contributed by atoms with Gasteiger partial charge in [-0.3, -0.25) is 29.8 Å². The third kappa shape index (κ3) is 5.54. The molecule has 0 unspecified atom stereocenters. The molecule has 12 nitrogen and oxygen atoms in total. The molecule has 182 valence electrons. The molecule has 2 aromatic rings. The summed E-state index contributed by atoms with van der Waals surface area (Å²) in [6.45, 7) is 9.28. The molecule has 1 aromatic heterocycles. The maximum absolute atomic E-state index is 13.0. The lowest BCUT2D eigenvalue weighted by Crippen LogP contribution is -2.30. The molecule has 0 atom stereocenters. The predicted molar refractivity (Wildman–Crippen MR) is 125 cm³/mol. The topological polar surface area (TPSA) is 162 Å². The molecule has 0 bridgehead atoms. The first-order valence-corrected chi connectivity index (χ1v) is 11.1. The van der Waals surface area contributed by atoms with Crippen LogP contribution in [0.4, 0.5) is 16.4 Å². The van der Waals surface area contributed by atoms with Crippen molar-refractivity contribution in [3.63, 3.8) is 0 Å². The van der Waals surface area contributed by atoms with Crippen molar-refractivity contribution in [1.82, 2.24) is 4.90 Å². The van der Waals surface area contributed by atoms with Gasteiger partial charge in [-0.1, -0.05) is 0 Å². The van der Waals surface area contributed by atoms with Gasteiger partial charge in [-0.15, -0.1) is 11.3 Å². The zero-order chi connectivity index (χ0) is 25.7. The zero-order valence-corrected chi connectivity index (χ0v) is 20.1. The number of amides is 2. The first-order valence-electron chi connectivity index (χ1n) is 10.3. The van der Waals surface area contributed by atoms with Crippen LogP contribution in [-0.4, -0.2) is 51.7 Å². The predicted octanol–water partition coefficient (Wildman–Crippen LogP) is 4.17. The van der Waals surface area contributed by atoms with Crippen molar-refractivity contribution in [2.45, 2.75) is 40.7 Å². The Labute approximate surface area is 198 Å². The summed E-state index contributed by atoms with van der Waals surface area (Å²) in [6.07, 6.45) is -0.479. The molecule has 0 spiro atoms. The summed E-state index contributed by atoms with van der Waals surface area (Å²) in [5, 5.41) is 24.8. The Kier molecular flexibility index (Phi) is 8.41. The second-order valence-corrected chi connectivity index (χ2v) is 8.38. The van der Waals surface area contributed by atoms with E-state index in [0.717, 1.165) is 23.5 Å². The molecule has 13 heteroatoms. The van der Waals surface area contributed by atoms with Crippen LogP contribution in [0.1, 0.15) is 63.6 Å². The molecular weight excluding hydrogens is 468 g/mol. The maximum Gasteiger partial charge on any atom is 0.341 e. The van der Waals surface area contributed by atoms with Crippen LogP contribution in [0.25, 0.3) is 0 Å². The number of carbonyl (C=O) groups is 3. The van der Waals surface area contributed by atoms with Gasteiger partial charge in [0, 0.05) is 19.2 Å². The van der Waals surface area contributed by atoms with Crippen molar-refractivity contribution in [3.8, 4) is 0 Å². The Balaban J connectivity index is 2.58. The van der Waals surface area contributed by atoms with Crippen molar-refractivity contribution >= 4 is 45.5 Å². The minimum Gasteiger partial charge on any atom is -0.459 e. The Morgan fingerprint density at radius 3 is 2.24 bits per heavy atom. The molecule has 0 aliphatic heterocycles. The van der Waals surface area contributed by atoms with Gasteiger partial charge in [0.25, 0.3) is 23.2 Å². The number of benzene rings is 1. The lowest BCUT2D eigenvalue weighted by molar-refractivity contribution is -0.394. The second-order valence-electron chi connectivity index (χ2n) is 7.36. The number of hydrogen-bond acceptors (Lipinski definition) is 9. The van der Waals surface area contributed by atoms with Gasteiger partial charge in [0.1, 0.15) is 10.6 Å². The summed E-state index contributed by atoms with van der Waals surface area (Å²) in [7, 11) is 0. The van der Waals surface area contributed by atoms with Gasteiger partial charge in [-0.25, -0.2) is 4.79 Å². The molecule has 2 rings (SSSR count). The fourth-order valence-corrected chi connectivity index (χ4v) is 4.28. The summed E-state index contributed by atoms with van der Waals surface area (Å²) in [6, 6.07) is 2.60. The molecule has 0 fully saturated rings. The number of ether oxygens (including phenoxy) is 1. The highest BCUT2D eigenvalue weighted by molar-refractivity contribution is 7.18. The monoisotopic (exact) mass is 492 g/mol. The number of non-ortho nitro benzene ring substituents is 1. The van der Waals surface area contributed by atoms with Crippen LogP contribution >= 0.6 is 11.3 Å². The number of carbonyl (C=O) groups excluding carboxylic acids is 3. The van der Waals surface area contributed by atoms with E-state index in [4.69, 9.17) is 4.74 Å². The fraction of sp³-hybridized carbons (Fsp3) is 0.381. The second kappa shape index (κ2) is 10.8. The molecule has 1 N–H and O–H groups in total. The Hall–Kier alpha value is -3.87. The lowest BCUT2D eigenvalue weighted by Gasteiger charge is -2.18. The van der Waals surface area contributed by atoms with Crippen LogP contribution in [0.3, 0.4) is 0 Å². The first-order chi connectivity index (χ1) is 15.9. The molecule has 34 heavy (non-hydrogen) atoms. The van der Waals surface area contributed by atoms with Crippen molar-refractivity contribution < 1.29 is 29.0 Å². The molecule has 0 aliphatic rings. The molecule has 1 aromatic carbocycles. The van der Waals surface area contributed by atoms with Gasteiger partial charge >= 0.3 is 5.97 Å². The molecule has 0 saturated heterocycles. The van der Waals surface area contributed by atoms with E-state index in [9.17, 15) is 34.6 Å². The summed E-state index contributed by atoms with van der Waals surface area (Å²) >= 11 is 0.852. The average molecular weight is 493 g/mol. The molecule has 0 aliphatic carbocycles. The number of anilines is 1. The third-order valence-electron chi connectivity index (χ3n) is 4.80. The minimum atomic E-state index is -0.969. The maximum atomic E-state index is 13.0. The van der Waals surface area contributed by atoms with E-state index in [-0.39, 0.29) is 21.3 Å². The van der Waals surface area contributed by atoms with Crippen LogP contribution in [-0.2, 0) is 4.74 Å². The number of esters is 1. The molecular formula is C21H24N4O8S. The Morgan fingerprint density at radius 1 is 1.12 bits per heavy atom. The van der Waals surface area contributed by atoms with E-state index < -0.39 is 44.8 Å². The highest BCUT2D eigenvalue weighted by atomic mass is 32.1. The number of rotatable bonds is 9. The summed E-state index contributed by atoms with van der Waals surface area (Å²) < 4.78 is 5.26. The normalized spacial score (nSPS) is 10.6. The summed E-state index contributed by atoms with van der Waals surface area (Å²) in [5.41, 5.74) is -1.50. The van der Waals surface area contributed by atoms with Gasteiger partial charge in [0.2, 0.25) is 0 Å². The van der Waals surface area contributed by atoms with Gasteiger partial charge in [-0.05, 0) is 46.2 Å². The van der Waals surface area contributed by atoms with E-state index in [0.29, 0.717) is 24.7 Å². The Bertz CT molecular complexity index is 1150. The highest BCUT2D eigenvalue weighted by Crippen LogP contribution is 2.36. The molecule has 0 saturated carbocycles. The summed E-state index contributed by atoms with van der Waals surface area (Å²) in [4.78, 5) is 61.1. The molecule has 0 radical (unpaired) electrons. The van der Waals surface area contributed by atoms with Gasteiger partial charge in [-0.2, -0.15) is 0 Å². The Morgan fingerprint density at radius 2 is 1.74 bits per heavy atom. The van der Waals surface area contributed by atoms with Crippen molar-refractivity contribution in [2.75, 3.05) is 18.4 Å². The van der Waals surface area contributed by atoms with Crippen LogP contribution in [0.2, 0.25) is 0 Å². The lowest BCUT2D eigenvalue weighted by atomic mass is 10.1. The average Bonchev–Trinajstić information content (AvgIpc) is 3.09. The van der Waals surface area contributed by atoms with Crippen LogP contribution < -0.4 is 5.32 Å². The van der Waals surface area contributed by atoms with E-state index >= 15 is 0 Å². The van der Waals surface area contributed by atoms with Crippen LogP contribution in [0.15, 0.2) is 18.2 Å². The van der Waals surface area contributed by atoms with Gasteiger partial charge in [0.05, 0.1) is 32.5 Å². The number of nitro groups is 2. The number of nitrogens with one attached hydrogen (secondary N) is 1. The smallest absolute Gasteiger partial charge is 0.341 e. The third-order valence-corrected chi connectivity index (χ3v) is 5.99.